The summed E-state index contributed by atoms with van der Waals surface area (Å²) in [5.74, 6) is 0.335. The number of benzene rings is 1. The van der Waals surface area contributed by atoms with Crippen LogP contribution in [0.25, 0.3) is 0 Å². The predicted octanol–water partition coefficient (Wildman–Crippen LogP) is -2.04. The van der Waals surface area contributed by atoms with Crippen molar-refractivity contribution < 1.29 is 23.2 Å². The van der Waals surface area contributed by atoms with Crippen molar-refractivity contribution in [3.05, 3.63) is 29.8 Å². The highest BCUT2D eigenvalue weighted by molar-refractivity contribution is 5.25. The largest absolute Gasteiger partial charge is 1.00 e. The SMILES string of the molecule is C[C@@H]([NH3+])CCc1ccc(O)cc1.[Cl-]. The fourth-order valence-electron chi connectivity index (χ4n) is 1.08. The first kappa shape index (κ1) is 12.3. The van der Waals surface area contributed by atoms with Gasteiger partial charge in [-0.3, -0.25) is 0 Å². The zero-order valence-corrected chi connectivity index (χ0v) is 8.59. The normalized spacial score (nSPS) is 11.8. The van der Waals surface area contributed by atoms with E-state index < -0.39 is 0 Å². The van der Waals surface area contributed by atoms with Crippen LogP contribution in [0.15, 0.2) is 24.3 Å². The molecule has 0 fully saturated rings. The number of phenols is 1. The fourth-order valence-corrected chi connectivity index (χ4v) is 1.08. The van der Waals surface area contributed by atoms with E-state index >= 15 is 0 Å². The molecule has 13 heavy (non-hydrogen) atoms. The highest BCUT2D eigenvalue weighted by Crippen LogP contribution is 2.11. The summed E-state index contributed by atoms with van der Waals surface area (Å²) in [7, 11) is 0. The van der Waals surface area contributed by atoms with Crippen LogP contribution >= 0.6 is 0 Å². The van der Waals surface area contributed by atoms with Crippen molar-refractivity contribution in [1.29, 1.82) is 0 Å². The number of rotatable bonds is 3. The Morgan fingerprint density at radius 3 is 2.31 bits per heavy atom. The zero-order valence-electron chi connectivity index (χ0n) is 7.83. The summed E-state index contributed by atoms with van der Waals surface area (Å²) in [4.78, 5) is 0. The van der Waals surface area contributed by atoms with Gasteiger partial charge in [0.2, 0.25) is 0 Å². The monoisotopic (exact) mass is 201 g/mol. The van der Waals surface area contributed by atoms with Crippen molar-refractivity contribution in [2.24, 2.45) is 0 Å². The van der Waals surface area contributed by atoms with Gasteiger partial charge in [0.05, 0.1) is 6.04 Å². The van der Waals surface area contributed by atoms with E-state index in [0.29, 0.717) is 11.8 Å². The molecule has 0 bridgehead atoms. The molecule has 0 aliphatic rings. The van der Waals surface area contributed by atoms with E-state index in [0.717, 1.165) is 12.8 Å². The van der Waals surface area contributed by atoms with E-state index in [1.54, 1.807) is 12.1 Å². The second-order valence-electron chi connectivity index (χ2n) is 3.31. The maximum Gasteiger partial charge on any atom is 0.115 e. The molecule has 0 radical (unpaired) electrons. The van der Waals surface area contributed by atoms with Gasteiger partial charge in [-0.25, -0.2) is 0 Å². The summed E-state index contributed by atoms with van der Waals surface area (Å²) >= 11 is 0. The average molecular weight is 202 g/mol. The third-order valence-electron chi connectivity index (χ3n) is 1.86. The Kier molecular flexibility index (Phi) is 5.51. The van der Waals surface area contributed by atoms with Gasteiger partial charge in [-0.2, -0.15) is 0 Å². The third-order valence-corrected chi connectivity index (χ3v) is 1.86. The third kappa shape index (κ3) is 4.76. The second-order valence-corrected chi connectivity index (χ2v) is 3.31. The lowest BCUT2D eigenvalue weighted by Gasteiger charge is -2.02. The average Bonchev–Trinajstić information content (AvgIpc) is 2.03. The molecular weight excluding hydrogens is 186 g/mol. The lowest BCUT2D eigenvalue weighted by Crippen LogP contribution is -3.00. The van der Waals surface area contributed by atoms with E-state index in [9.17, 15) is 0 Å². The van der Waals surface area contributed by atoms with Crippen LogP contribution in [0, 0.1) is 0 Å². The van der Waals surface area contributed by atoms with Crippen molar-refractivity contribution >= 4 is 0 Å². The Morgan fingerprint density at radius 2 is 1.85 bits per heavy atom. The minimum atomic E-state index is 0. The van der Waals surface area contributed by atoms with Crippen LogP contribution in [-0.2, 0) is 6.42 Å². The minimum absolute atomic E-state index is 0. The molecule has 1 aromatic rings. The molecule has 4 N–H and O–H groups in total. The molecule has 1 aromatic carbocycles. The molecule has 0 aromatic heterocycles. The first-order valence-electron chi connectivity index (χ1n) is 4.29. The van der Waals surface area contributed by atoms with Crippen LogP contribution in [0.2, 0.25) is 0 Å². The number of phenolic OH excluding ortho intramolecular Hbond substituents is 1. The van der Waals surface area contributed by atoms with Crippen LogP contribution in [0.5, 0.6) is 5.75 Å². The number of aryl methyl sites for hydroxylation is 1. The number of aromatic hydroxyl groups is 1. The van der Waals surface area contributed by atoms with Crippen LogP contribution in [0.4, 0.5) is 0 Å². The predicted molar refractivity (Wildman–Crippen MR) is 48.8 cm³/mol. The summed E-state index contributed by atoms with van der Waals surface area (Å²) in [6.45, 7) is 2.11. The lowest BCUT2D eigenvalue weighted by atomic mass is 10.1. The summed E-state index contributed by atoms with van der Waals surface area (Å²) in [5.41, 5.74) is 5.19. The lowest BCUT2D eigenvalue weighted by molar-refractivity contribution is -0.415. The topological polar surface area (TPSA) is 47.9 Å². The molecular formula is C10H16ClNO. The van der Waals surface area contributed by atoms with Gasteiger partial charge in [0.15, 0.2) is 0 Å². The number of quaternary nitrogens is 1. The van der Waals surface area contributed by atoms with Crippen molar-refractivity contribution in [1.82, 2.24) is 0 Å². The molecule has 0 saturated carbocycles. The molecule has 0 aliphatic heterocycles. The van der Waals surface area contributed by atoms with Gasteiger partial charge in [-0.05, 0) is 31.0 Å². The summed E-state index contributed by atoms with van der Waals surface area (Å²) in [6, 6.07) is 7.86. The maximum atomic E-state index is 9.02. The van der Waals surface area contributed by atoms with Gasteiger partial charge in [0.1, 0.15) is 5.75 Å². The van der Waals surface area contributed by atoms with Gasteiger partial charge in [-0.1, -0.05) is 12.1 Å². The van der Waals surface area contributed by atoms with E-state index in [4.69, 9.17) is 5.11 Å². The summed E-state index contributed by atoms with van der Waals surface area (Å²) in [5, 5.41) is 9.02. The first-order chi connectivity index (χ1) is 5.68. The molecule has 1 atom stereocenters. The van der Waals surface area contributed by atoms with Gasteiger partial charge < -0.3 is 23.2 Å². The molecule has 0 unspecified atom stereocenters. The highest BCUT2D eigenvalue weighted by atomic mass is 35.5. The standard InChI is InChI=1S/C10H15NO.ClH/c1-8(11)2-3-9-4-6-10(12)7-5-9;/h4-8,12H,2-3,11H2,1H3;1H/t8-;/m1./s1. The molecule has 0 amide bonds. The van der Waals surface area contributed by atoms with Crippen molar-refractivity contribution in [2.75, 3.05) is 0 Å². The van der Waals surface area contributed by atoms with E-state index in [1.165, 1.54) is 5.56 Å². The van der Waals surface area contributed by atoms with Gasteiger partial charge in [-0.15, -0.1) is 0 Å². The molecule has 1 rings (SSSR count). The first-order valence-corrected chi connectivity index (χ1v) is 4.29. The van der Waals surface area contributed by atoms with Gasteiger partial charge >= 0.3 is 0 Å². The number of hydrogen-bond acceptors (Lipinski definition) is 1. The van der Waals surface area contributed by atoms with Crippen molar-refractivity contribution in [2.45, 2.75) is 25.8 Å². The van der Waals surface area contributed by atoms with E-state index in [1.807, 2.05) is 12.1 Å². The van der Waals surface area contributed by atoms with Crippen molar-refractivity contribution in [3.8, 4) is 5.75 Å². The molecule has 74 valence electrons. The maximum absolute atomic E-state index is 9.02. The summed E-state index contributed by atoms with van der Waals surface area (Å²) < 4.78 is 0. The molecule has 0 saturated heterocycles. The van der Waals surface area contributed by atoms with Crippen LogP contribution in [0.1, 0.15) is 18.9 Å². The van der Waals surface area contributed by atoms with E-state index in [-0.39, 0.29) is 12.4 Å². The molecule has 0 spiro atoms. The Labute approximate surface area is 85.2 Å². The van der Waals surface area contributed by atoms with Crippen LogP contribution < -0.4 is 18.1 Å². The molecule has 0 aliphatic carbocycles. The van der Waals surface area contributed by atoms with E-state index in [2.05, 4.69) is 12.7 Å². The molecule has 0 heterocycles. The highest BCUT2D eigenvalue weighted by Gasteiger charge is 1.98. The smallest absolute Gasteiger partial charge is 0.115 e. The Bertz CT molecular complexity index is 233. The number of hydrogen-bond donors (Lipinski definition) is 2. The quantitative estimate of drug-likeness (QED) is 0.582. The van der Waals surface area contributed by atoms with Gasteiger partial charge in [0, 0.05) is 6.42 Å². The van der Waals surface area contributed by atoms with Crippen molar-refractivity contribution in [3.63, 3.8) is 0 Å². The number of halogens is 1. The van der Waals surface area contributed by atoms with Crippen LogP contribution in [0.3, 0.4) is 0 Å². The zero-order chi connectivity index (χ0) is 8.97. The Hall–Kier alpha value is -0.730. The minimum Gasteiger partial charge on any atom is -1.00 e. The molecule has 3 heteroatoms. The molecule has 2 nitrogen and oxygen atoms in total. The second kappa shape index (κ2) is 5.84. The Balaban J connectivity index is 0.00000144. The summed E-state index contributed by atoms with van der Waals surface area (Å²) in [6.07, 6.45) is 2.15. The van der Waals surface area contributed by atoms with Gasteiger partial charge in [0.25, 0.3) is 0 Å². The Morgan fingerprint density at radius 1 is 1.31 bits per heavy atom. The van der Waals surface area contributed by atoms with Crippen LogP contribution in [-0.4, -0.2) is 11.1 Å². The fraction of sp³-hybridized carbons (Fsp3) is 0.400.